The third-order valence-corrected chi connectivity index (χ3v) is 4.29. The zero-order valence-electron chi connectivity index (χ0n) is 14.9. The van der Waals surface area contributed by atoms with Gasteiger partial charge in [0.05, 0.1) is 13.0 Å². The van der Waals surface area contributed by atoms with Crippen LogP contribution in [-0.4, -0.2) is 45.5 Å². The molecule has 0 fully saturated rings. The largest absolute Gasteiger partial charge is 0.494 e. The van der Waals surface area contributed by atoms with Crippen molar-refractivity contribution in [2.24, 2.45) is 4.36 Å². The molecule has 1 aromatic rings. The Labute approximate surface area is 148 Å². The molecule has 0 aromatic heterocycles. The molecular weight excluding hydrogens is 346 g/mol. The Morgan fingerprint density at radius 3 is 2.44 bits per heavy atom. The first-order valence-corrected chi connectivity index (χ1v) is 8.83. The number of ether oxygens (including phenoxy) is 1. The minimum atomic E-state index is -2.65. The van der Waals surface area contributed by atoms with Gasteiger partial charge in [-0.2, -0.15) is 8.42 Å². The summed E-state index contributed by atoms with van der Waals surface area (Å²) in [5.74, 6) is -0.767. The van der Waals surface area contributed by atoms with Gasteiger partial charge in [0.1, 0.15) is 11.4 Å². The van der Waals surface area contributed by atoms with Gasteiger partial charge in [-0.25, -0.2) is 4.79 Å². The molecule has 138 valence electrons. The van der Waals surface area contributed by atoms with Crippen LogP contribution < -0.4 is 10.1 Å². The molecule has 2 unspecified atom stereocenters. The summed E-state index contributed by atoms with van der Waals surface area (Å²) in [5.41, 5.74) is 0.634. The van der Waals surface area contributed by atoms with E-state index in [-0.39, 0.29) is 23.4 Å². The minimum Gasteiger partial charge on any atom is -0.494 e. The van der Waals surface area contributed by atoms with Crippen molar-refractivity contribution < 1.29 is 22.7 Å². The summed E-state index contributed by atoms with van der Waals surface area (Å²) in [5, 5.41) is 2.47. The van der Waals surface area contributed by atoms with Crippen molar-refractivity contribution in [1.82, 2.24) is 10.2 Å². The van der Waals surface area contributed by atoms with Crippen LogP contribution in [-0.2, 0) is 15.3 Å². The third kappa shape index (κ3) is 5.02. The van der Waals surface area contributed by atoms with Crippen molar-refractivity contribution in [2.45, 2.75) is 39.2 Å². The molecular formula is C16H23N3O5S. The van der Waals surface area contributed by atoms with E-state index >= 15 is 0 Å². The third-order valence-electron chi connectivity index (χ3n) is 3.95. The van der Waals surface area contributed by atoms with Crippen LogP contribution in [0, 0.1) is 0 Å². The number of carbonyl (C=O) groups is 2. The summed E-state index contributed by atoms with van der Waals surface area (Å²) in [7, 11) is 0.206. The maximum Gasteiger partial charge on any atom is 0.324 e. The van der Waals surface area contributed by atoms with Gasteiger partial charge >= 0.3 is 16.5 Å². The predicted octanol–water partition coefficient (Wildman–Crippen LogP) is 2.46. The topological polar surface area (TPSA) is 105 Å². The molecule has 0 aliphatic heterocycles. The maximum atomic E-state index is 12.8. The molecule has 0 aliphatic rings. The number of amides is 3. The average Bonchev–Trinajstić information content (AvgIpc) is 2.59. The van der Waals surface area contributed by atoms with Crippen molar-refractivity contribution >= 4 is 28.1 Å². The van der Waals surface area contributed by atoms with Crippen molar-refractivity contribution in [3.63, 3.8) is 0 Å². The lowest BCUT2D eigenvalue weighted by molar-refractivity contribution is -0.131. The summed E-state index contributed by atoms with van der Waals surface area (Å²) >= 11 is 0. The Morgan fingerprint density at radius 2 is 1.96 bits per heavy atom. The number of imide groups is 1. The second-order valence-electron chi connectivity index (χ2n) is 5.48. The zero-order valence-corrected chi connectivity index (χ0v) is 15.8. The number of hydrogen-bond donors (Lipinski definition) is 1. The van der Waals surface area contributed by atoms with Gasteiger partial charge in [-0.3, -0.25) is 9.69 Å². The molecule has 0 heterocycles. The number of urea groups is 1. The predicted molar refractivity (Wildman–Crippen MR) is 93.5 cm³/mol. The fourth-order valence-corrected chi connectivity index (χ4v) is 2.60. The van der Waals surface area contributed by atoms with E-state index in [1.165, 1.54) is 31.2 Å². The Balaban J connectivity index is 3.28. The van der Waals surface area contributed by atoms with Gasteiger partial charge in [0.2, 0.25) is 5.91 Å². The lowest BCUT2D eigenvalue weighted by Gasteiger charge is -2.29. The monoisotopic (exact) mass is 369 g/mol. The molecule has 9 heteroatoms. The SMILES string of the molecule is CCC(C)N(C(=O)NC)C(=O)C(C)c1ccc(OC)c(N=S(=O)=O)c1. The number of hydrogen-bond acceptors (Lipinski definition) is 6. The van der Waals surface area contributed by atoms with E-state index in [0.717, 1.165) is 0 Å². The van der Waals surface area contributed by atoms with Crippen molar-refractivity contribution in [3.8, 4) is 5.75 Å². The van der Waals surface area contributed by atoms with Gasteiger partial charge < -0.3 is 10.1 Å². The molecule has 0 saturated carbocycles. The van der Waals surface area contributed by atoms with Crippen LogP contribution >= 0.6 is 0 Å². The molecule has 1 rings (SSSR count). The van der Waals surface area contributed by atoms with E-state index in [0.29, 0.717) is 12.0 Å². The second-order valence-corrected chi connectivity index (χ2v) is 6.10. The van der Waals surface area contributed by atoms with Gasteiger partial charge in [0.15, 0.2) is 0 Å². The number of carbonyl (C=O) groups excluding carboxylic acids is 2. The van der Waals surface area contributed by atoms with E-state index in [9.17, 15) is 18.0 Å². The van der Waals surface area contributed by atoms with Gasteiger partial charge in [-0.05, 0) is 38.0 Å². The van der Waals surface area contributed by atoms with Gasteiger partial charge in [0.25, 0.3) is 0 Å². The van der Waals surface area contributed by atoms with Crippen LogP contribution in [0.15, 0.2) is 22.6 Å². The molecule has 1 N–H and O–H groups in total. The standard InChI is InChI=1S/C16H23N3O5S/c1-6-10(2)19(16(21)17-4)15(20)11(3)12-7-8-14(24-5)13(9-12)18-25(22)23/h7-11H,6H2,1-5H3,(H,17,21). The smallest absolute Gasteiger partial charge is 0.324 e. The maximum absolute atomic E-state index is 12.8. The summed E-state index contributed by atoms with van der Waals surface area (Å²) in [6.07, 6.45) is 0.615. The minimum absolute atomic E-state index is 0.100. The van der Waals surface area contributed by atoms with Crippen LogP contribution in [0.3, 0.4) is 0 Å². The van der Waals surface area contributed by atoms with Gasteiger partial charge in [-0.1, -0.05) is 13.0 Å². The molecule has 0 aliphatic carbocycles. The fraction of sp³-hybridized carbons (Fsp3) is 0.500. The van der Waals surface area contributed by atoms with Crippen LogP contribution in [0.2, 0.25) is 0 Å². The summed E-state index contributed by atoms with van der Waals surface area (Å²) in [4.78, 5) is 26.1. The van der Waals surface area contributed by atoms with Gasteiger partial charge in [0, 0.05) is 13.1 Å². The Morgan fingerprint density at radius 1 is 1.32 bits per heavy atom. The van der Waals surface area contributed by atoms with Crippen LogP contribution in [0.25, 0.3) is 0 Å². The molecule has 3 amide bonds. The summed E-state index contributed by atoms with van der Waals surface area (Å²) < 4.78 is 30.3. The summed E-state index contributed by atoms with van der Waals surface area (Å²) in [6, 6.07) is 3.90. The van der Waals surface area contributed by atoms with E-state index in [2.05, 4.69) is 9.68 Å². The number of benzene rings is 1. The quantitative estimate of drug-likeness (QED) is 0.829. The summed E-state index contributed by atoms with van der Waals surface area (Å²) in [6.45, 7) is 5.32. The molecule has 2 atom stereocenters. The zero-order chi connectivity index (χ0) is 19.1. The number of nitrogens with one attached hydrogen (secondary N) is 1. The first kappa shape index (κ1) is 20.6. The lowest BCUT2D eigenvalue weighted by Crippen LogP contribution is -2.48. The molecule has 0 radical (unpaired) electrons. The highest BCUT2D eigenvalue weighted by Crippen LogP contribution is 2.32. The highest BCUT2D eigenvalue weighted by molar-refractivity contribution is 7.61. The molecule has 0 spiro atoms. The molecule has 8 nitrogen and oxygen atoms in total. The Kier molecular flexibility index (Phi) is 7.56. The van der Waals surface area contributed by atoms with Crippen molar-refractivity contribution in [3.05, 3.63) is 23.8 Å². The normalized spacial score (nSPS) is 12.7. The van der Waals surface area contributed by atoms with Crippen molar-refractivity contribution in [1.29, 1.82) is 0 Å². The first-order chi connectivity index (χ1) is 11.8. The number of rotatable bonds is 6. The second kappa shape index (κ2) is 9.16. The molecule has 25 heavy (non-hydrogen) atoms. The van der Waals surface area contributed by atoms with Crippen LogP contribution in [0.4, 0.5) is 10.5 Å². The Bertz CT molecular complexity index is 768. The average molecular weight is 369 g/mol. The van der Waals surface area contributed by atoms with Crippen LogP contribution in [0.5, 0.6) is 5.75 Å². The van der Waals surface area contributed by atoms with E-state index in [4.69, 9.17) is 4.74 Å². The highest BCUT2D eigenvalue weighted by atomic mass is 32.2. The molecule has 0 bridgehead atoms. The van der Waals surface area contributed by atoms with E-state index < -0.39 is 22.4 Å². The van der Waals surface area contributed by atoms with E-state index in [1.807, 2.05) is 6.92 Å². The van der Waals surface area contributed by atoms with Crippen molar-refractivity contribution in [2.75, 3.05) is 14.2 Å². The number of methoxy groups -OCH3 is 1. The molecule has 1 aromatic carbocycles. The first-order valence-electron chi connectivity index (χ1n) is 7.80. The number of nitrogens with zero attached hydrogens (tertiary/aromatic N) is 2. The highest BCUT2D eigenvalue weighted by Gasteiger charge is 2.30. The lowest BCUT2D eigenvalue weighted by atomic mass is 9.98. The van der Waals surface area contributed by atoms with Gasteiger partial charge in [-0.15, -0.1) is 4.36 Å². The fourth-order valence-electron chi connectivity index (χ4n) is 2.30. The molecule has 0 saturated heterocycles. The van der Waals surface area contributed by atoms with E-state index in [1.54, 1.807) is 19.9 Å². The van der Waals surface area contributed by atoms with Crippen LogP contribution in [0.1, 0.15) is 38.7 Å². The Hall–Kier alpha value is -2.42.